The van der Waals surface area contributed by atoms with E-state index in [0.717, 1.165) is 12.4 Å². The van der Waals surface area contributed by atoms with Gasteiger partial charge in [-0.3, -0.25) is 4.90 Å². The topological polar surface area (TPSA) is 3.24 Å². The van der Waals surface area contributed by atoms with E-state index < -0.39 is 0 Å². The van der Waals surface area contributed by atoms with Crippen molar-refractivity contribution in [3.63, 3.8) is 0 Å². The Morgan fingerprint density at radius 3 is 2.17 bits per heavy atom. The van der Waals surface area contributed by atoms with Gasteiger partial charge in [-0.15, -0.1) is 11.6 Å². The zero-order chi connectivity index (χ0) is 9.56. The molecule has 1 atom stereocenters. The quantitative estimate of drug-likeness (QED) is 0.584. The maximum atomic E-state index is 5.74. The van der Waals surface area contributed by atoms with Gasteiger partial charge < -0.3 is 0 Å². The fourth-order valence-corrected chi connectivity index (χ4v) is 1.86. The van der Waals surface area contributed by atoms with E-state index in [2.05, 4.69) is 32.6 Å². The lowest BCUT2D eigenvalue weighted by Gasteiger charge is -2.31. The zero-order valence-electron chi connectivity index (χ0n) is 8.81. The number of halogens is 1. The minimum absolute atomic E-state index is 0.616. The number of nitrogens with zero attached hydrogens (tertiary/aromatic N) is 1. The van der Waals surface area contributed by atoms with E-state index >= 15 is 0 Å². The first-order chi connectivity index (χ1) is 5.63. The van der Waals surface area contributed by atoms with E-state index in [1.54, 1.807) is 0 Å². The molecule has 0 aliphatic heterocycles. The molecule has 0 spiro atoms. The molecule has 0 aliphatic carbocycles. The minimum atomic E-state index is 0.616. The molecule has 0 aromatic heterocycles. The molecule has 1 unspecified atom stereocenters. The van der Waals surface area contributed by atoms with Crippen LogP contribution in [0.4, 0.5) is 0 Å². The van der Waals surface area contributed by atoms with Crippen molar-refractivity contribution >= 4 is 11.6 Å². The van der Waals surface area contributed by atoms with Gasteiger partial charge in [-0.25, -0.2) is 0 Å². The number of hydrogen-bond acceptors (Lipinski definition) is 1. The summed E-state index contributed by atoms with van der Waals surface area (Å²) in [5.74, 6) is 0.742. The van der Waals surface area contributed by atoms with E-state index in [1.165, 1.54) is 12.8 Å². The van der Waals surface area contributed by atoms with Gasteiger partial charge in [0.15, 0.2) is 0 Å². The Labute approximate surface area is 82.1 Å². The minimum Gasteiger partial charge on any atom is -0.297 e. The molecule has 0 saturated carbocycles. The van der Waals surface area contributed by atoms with Gasteiger partial charge >= 0.3 is 0 Å². The molecule has 0 saturated heterocycles. The number of alkyl halides is 1. The van der Waals surface area contributed by atoms with Crippen molar-refractivity contribution in [3.05, 3.63) is 0 Å². The third-order valence-electron chi connectivity index (χ3n) is 2.28. The lowest BCUT2D eigenvalue weighted by Crippen LogP contribution is -2.39. The fraction of sp³-hybridized carbons (Fsp3) is 1.00. The van der Waals surface area contributed by atoms with Crippen LogP contribution < -0.4 is 0 Å². The molecule has 0 aromatic rings. The smallest absolute Gasteiger partial charge is 0.0351 e. The third kappa shape index (κ3) is 4.32. The molecule has 2 heteroatoms. The number of hydrogen-bond donors (Lipinski definition) is 0. The van der Waals surface area contributed by atoms with Gasteiger partial charge in [-0.1, -0.05) is 13.3 Å². The maximum Gasteiger partial charge on any atom is 0.0351 e. The Bertz CT molecular complexity index is 104. The lowest BCUT2D eigenvalue weighted by molar-refractivity contribution is 0.166. The first-order valence-electron chi connectivity index (χ1n) is 4.95. The summed E-state index contributed by atoms with van der Waals surface area (Å²) < 4.78 is 0. The molecular weight excluding hydrogens is 170 g/mol. The third-order valence-corrected chi connectivity index (χ3v) is 2.45. The predicted octanol–water partition coefficient (Wildman–Crippen LogP) is 3.12. The largest absolute Gasteiger partial charge is 0.297 e. The molecule has 1 nitrogen and oxygen atoms in total. The van der Waals surface area contributed by atoms with Crippen molar-refractivity contribution in [3.8, 4) is 0 Å². The normalized spacial score (nSPS) is 14.2. The van der Waals surface area contributed by atoms with Crippen molar-refractivity contribution in [2.75, 3.05) is 12.4 Å². The summed E-state index contributed by atoms with van der Waals surface area (Å²) in [4.78, 5) is 2.47. The van der Waals surface area contributed by atoms with Crippen LogP contribution in [0.5, 0.6) is 0 Å². The summed E-state index contributed by atoms with van der Waals surface area (Å²) >= 11 is 5.74. The molecule has 0 radical (unpaired) electrons. The van der Waals surface area contributed by atoms with Crippen LogP contribution in [0.1, 0.15) is 40.5 Å². The van der Waals surface area contributed by atoms with Gasteiger partial charge in [0.05, 0.1) is 0 Å². The van der Waals surface area contributed by atoms with Gasteiger partial charge in [0.25, 0.3) is 0 Å². The van der Waals surface area contributed by atoms with Crippen LogP contribution in [-0.4, -0.2) is 29.4 Å². The van der Waals surface area contributed by atoms with E-state index in [9.17, 15) is 0 Å². The highest BCUT2D eigenvalue weighted by atomic mass is 35.5. The lowest BCUT2D eigenvalue weighted by atomic mass is 10.1. The Kier molecular flexibility index (Phi) is 6.87. The molecule has 0 aliphatic rings. The van der Waals surface area contributed by atoms with Crippen LogP contribution in [0.15, 0.2) is 0 Å². The van der Waals surface area contributed by atoms with E-state index in [4.69, 9.17) is 11.6 Å². The standard InChI is InChI=1S/C10H22ClN/c1-5-6-10(4)12(8-7-11)9(2)3/h9-10H,5-8H2,1-4H3. The maximum absolute atomic E-state index is 5.74. The van der Waals surface area contributed by atoms with Gasteiger partial charge in [0.1, 0.15) is 0 Å². The first kappa shape index (κ1) is 12.2. The second-order valence-corrected chi connectivity index (χ2v) is 4.04. The van der Waals surface area contributed by atoms with Crippen LogP contribution in [0.2, 0.25) is 0 Å². The molecule has 0 bridgehead atoms. The highest BCUT2D eigenvalue weighted by molar-refractivity contribution is 6.18. The Balaban J connectivity index is 3.90. The fourth-order valence-electron chi connectivity index (χ4n) is 1.67. The van der Waals surface area contributed by atoms with E-state index in [0.29, 0.717) is 12.1 Å². The molecule has 0 heterocycles. The van der Waals surface area contributed by atoms with Crippen LogP contribution >= 0.6 is 11.6 Å². The van der Waals surface area contributed by atoms with Crippen molar-refractivity contribution in [1.82, 2.24) is 4.90 Å². The Morgan fingerprint density at radius 1 is 1.25 bits per heavy atom. The summed E-state index contributed by atoms with van der Waals surface area (Å²) in [6.07, 6.45) is 2.53. The van der Waals surface area contributed by atoms with Crippen molar-refractivity contribution in [2.45, 2.75) is 52.6 Å². The average molecular weight is 192 g/mol. The molecule has 74 valence electrons. The van der Waals surface area contributed by atoms with Crippen LogP contribution in [0, 0.1) is 0 Å². The number of rotatable bonds is 6. The Morgan fingerprint density at radius 2 is 1.83 bits per heavy atom. The van der Waals surface area contributed by atoms with Crippen molar-refractivity contribution < 1.29 is 0 Å². The van der Waals surface area contributed by atoms with Crippen LogP contribution in [-0.2, 0) is 0 Å². The highest BCUT2D eigenvalue weighted by Crippen LogP contribution is 2.10. The van der Waals surface area contributed by atoms with Gasteiger partial charge in [0, 0.05) is 24.5 Å². The molecular formula is C10H22ClN. The molecule has 0 amide bonds. The van der Waals surface area contributed by atoms with Gasteiger partial charge in [-0.2, -0.15) is 0 Å². The van der Waals surface area contributed by atoms with Gasteiger partial charge in [0.2, 0.25) is 0 Å². The first-order valence-corrected chi connectivity index (χ1v) is 5.48. The monoisotopic (exact) mass is 191 g/mol. The summed E-state index contributed by atoms with van der Waals surface area (Å²) in [5, 5.41) is 0. The van der Waals surface area contributed by atoms with Gasteiger partial charge in [-0.05, 0) is 27.2 Å². The summed E-state index contributed by atoms with van der Waals surface area (Å²) in [5.41, 5.74) is 0. The predicted molar refractivity (Wildman–Crippen MR) is 56.9 cm³/mol. The zero-order valence-corrected chi connectivity index (χ0v) is 9.56. The second kappa shape index (κ2) is 6.73. The SMILES string of the molecule is CCCC(C)N(CCCl)C(C)C. The molecule has 0 aromatic carbocycles. The van der Waals surface area contributed by atoms with E-state index in [1.807, 2.05) is 0 Å². The summed E-state index contributed by atoms with van der Waals surface area (Å²) in [6.45, 7) is 10.0. The average Bonchev–Trinajstić information content (AvgIpc) is 1.99. The van der Waals surface area contributed by atoms with E-state index in [-0.39, 0.29) is 0 Å². The molecule has 0 rings (SSSR count). The van der Waals surface area contributed by atoms with Crippen LogP contribution in [0.3, 0.4) is 0 Å². The molecule has 0 fully saturated rings. The van der Waals surface area contributed by atoms with Crippen molar-refractivity contribution in [2.24, 2.45) is 0 Å². The summed E-state index contributed by atoms with van der Waals surface area (Å²) in [7, 11) is 0. The molecule has 0 N–H and O–H groups in total. The Hall–Kier alpha value is 0.250. The second-order valence-electron chi connectivity index (χ2n) is 3.66. The summed E-state index contributed by atoms with van der Waals surface area (Å²) in [6, 6.07) is 1.29. The van der Waals surface area contributed by atoms with Crippen molar-refractivity contribution in [1.29, 1.82) is 0 Å². The molecule has 12 heavy (non-hydrogen) atoms. The van der Waals surface area contributed by atoms with Crippen LogP contribution in [0.25, 0.3) is 0 Å². The highest BCUT2D eigenvalue weighted by Gasteiger charge is 2.14.